The zero-order valence-electron chi connectivity index (χ0n) is 8.84. The van der Waals surface area contributed by atoms with Gasteiger partial charge in [-0.05, 0) is 12.5 Å². The molecule has 1 atom stereocenters. The molecule has 1 aliphatic rings. The highest BCUT2D eigenvalue weighted by molar-refractivity contribution is 6.32. The standard InChI is InChI=1S/C10H11ClF3N3/c11-9-8(17-2-1-7(15)5-17)3-6(4-16-9)10(12,13)14/h3-4,7H,1-2,5,15H2. The topological polar surface area (TPSA) is 42.1 Å². The van der Waals surface area contributed by atoms with Gasteiger partial charge in [-0.2, -0.15) is 13.2 Å². The van der Waals surface area contributed by atoms with Gasteiger partial charge >= 0.3 is 6.18 Å². The highest BCUT2D eigenvalue weighted by atomic mass is 35.5. The number of rotatable bonds is 1. The van der Waals surface area contributed by atoms with Gasteiger partial charge in [0.25, 0.3) is 0 Å². The van der Waals surface area contributed by atoms with Gasteiger partial charge in [-0.3, -0.25) is 0 Å². The first-order valence-corrected chi connectivity index (χ1v) is 5.49. The summed E-state index contributed by atoms with van der Waals surface area (Å²) in [5.74, 6) is 0. The Bertz CT molecular complexity index is 422. The van der Waals surface area contributed by atoms with Gasteiger partial charge in [-0.1, -0.05) is 11.6 Å². The second-order valence-electron chi connectivity index (χ2n) is 4.03. The van der Waals surface area contributed by atoms with E-state index in [1.165, 1.54) is 0 Å². The van der Waals surface area contributed by atoms with Crippen molar-refractivity contribution in [1.82, 2.24) is 4.98 Å². The van der Waals surface area contributed by atoms with Crippen LogP contribution in [0.4, 0.5) is 18.9 Å². The van der Waals surface area contributed by atoms with Crippen LogP contribution < -0.4 is 10.6 Å². The van der Waals surface area contributed by atoms with Crippen LogP contribution in [0, 0.1) is 0 Å². The molecule has 7 heteroatoms. The van der Waals surface area contributed by atoms with E-state index in [1.54, 1.807) is 4.90 Å². The van der Waals surface area contributed by atoms with E-state index >= 15 is 0 Å². The predicted molar refractivity (Wildman–Crippen MR) is 59.1 cm³/mol. The summed E-state index contributed by atoms with van der Waals surface area (Å²) in [6, 6.07) is 0.994. The van der Waals surface area contributed by atoms with Crippen LogP contribution in [0.25, 0.3) is 0 Å². The minimum absolute atomic E-state index is 0.0272. The Kier molecular flexibility index (Phi) is 3.18. The number of hydrogen-bond donors (Lipinski definition) is 1. The van der Waals surface area contributed by atoms with Crippen molar-refractivity contribution in [2.75, 3.05) is 18.0 Å². The number of hydrogen-bond acceptors (Lipinski definition) is 3. The van der Waals surface area contributed by atoms with Gasteiger partial charge in [0.15, 0.2) is 5.15 Å². The number of pyridine rings is 1. The van der Waals surface area contributed by atoms with E-state index in [1.807, 2.05) is 0 Å². The van der Waals surface area contributed by atoms with Crippen molar-refractivity contribution in [2.24, 2.45) is 5.73 Å². The molecule has 0 amide bonds. The average Bonchev–Trinajstić information content (AvgIpc) is 2.63. The monoisotopic (exact) mass is 265 g/mol. The lowest BCUT2D eigenvalue weighted by atomic mass is 10.2. The summed E-state index contributed by atoms with van der Waals surface area (Å²) in [5.41, 5.74) is 5.22. The van der Waals surface area contributed by atoms with Gasteiger partial charge in [0.05, 0.1) is 11.3 Å². The first kappa shape index (κ1) is 12.4. The fraction of sp³-hybridized carbons (Fsp3) is 0.500. The Hall–Kier alpha value is -1.01. The quantitative estimate of drug-likeness (QED) is 0.792. The van der Waals surface area contributed by atoms with E-state index in [2.05, 4.69) is 4.98 Å². The molecule has 0 aliphatic carbocycles. The first-order chi connectivity index (χ1) is 7.88. The molecule has 1 fully saturated rings. The molecule has 0 spiro atoms. The summed E-state index contributed by atoms with van der Waals surface area (Å²) in [6.07, 6.45) is -2.93. The third kappa shape index (κ3) is 2.63. The van der Waals surface area contributed by atoms with E-state index in [-0.39, 0.29) is 11.2 Å². The average molecular weight is 266 g/mol. The lowest BCUT2D eigenvalue weighted by Gasteiger charge is -2.20. The molecule has 2 rings (SSSR count). The summed E-state index contributed by atoms with van der Waals surface area (Å²) < 4.78 is 37.6. The lowest BCUT2D eigenvalue weighted by molar-refractivity contribution is -0.137. The summed E-state index contributed by atoms with van der Waals surface area (Å²) in [6.45, 7) is 1.10. The second-order valence-corrected chi connectivity index (χ2v) is 4.38. The number of nitrogens with two attached hydrogens (primary N) is 1. The molecule has 3 nitrogen and oxygen atoms in total. The van der Waals surface area contributed by atoms with Crippen LogP contribution in [-0.4, -0.2) is 24.1 Å². The summed E-state index contributed by atoms with van der Waals surface area (Å²) in [5, 5.41) is 0.0760. The molecule has 0 saturated carbocycles. The van der Waals surface area contributed by atoms with Crippen molar-refractivity contribution < 1.29 is 13.2 Å². The second kappa shape index (κ2) is 4.34. The van der Waals surface area contributed by atoms with Gasteiger partial charge in [-0.15, -0.1) is 0 Å². The molecular formula is C10H11ClF3N3. The Morgan fingerprint density at radius 1 is 1.47 bits per heavy atom. The largest absolute Gasteiger partial charge is 0.417 e. The van der Waals surface area contributed by atoms with Crippen molar-refractivity contribution in [1.29, 1.82) is 0 Å². The third-order valence-corrected chi connectivity index (χ3v) is 3.00. The molecule has 1 aromatic rings. The van der Waals surface area contributed by atoms with Gasteiger partial charge < -0.3 is 10.6 Å². The van der Waals surface area contributed by atoms with Gasteiger partial charge in [0.2, 0.25) is 0 Å². The van der Waals surface area contributed by atoms with E-state index in [0.29, 0.717) is 18.8 Å². The summed E-state index contributed by atoms with van der Waals surface area (Å²) in [7, 11) is 0. The smallest absolute Gasteiger partial charge is 0.367 e. The Morgan fingerprint density at radius 3 is 2.71 bits per heavy atom. The fourth-order valence-corrected chi connectivity index (χ4v) is 2.04. The number of nitrogens with zero attached hydrogens (tertiary/aromatic N) is 2. The molecule has 0 radical (unpaired) electrons. The highest BCUT2D eigenvalue weighted by Crippen LogP contribution is 2.34. The summed E-state index contributed by atoms with van der Waals surface area (Å²) in [4.78, 5) is 5.31. The first-order valence-electron chi connectivity index (χ1n) is 5.11. The van der Waals surface area contributed by atoms with E-state index < -0.39 is 11.7 Å². The molecule has 1 aliphatic heterocycles. The molecule has 0 aromatic carbocycles. The molecule has 1 saturated heterocycles. The maximum absolute atomic E-state index is 12.5. The molecule has 17 heavy (non-hydrogen) atoms. The number of aromatic nitrogens is 1. The molecule has 0 bridgehead atoms. The van der Waals surface area contributed by atoms with Gasteiger partial charge in [-0.25, -0.2) is 4.98 Å². The van der Waals surface area contributed by atoms with Crippen molar-refractivity contribution in [2.45, 2.75) is 18.6 Å². The zero-order chi connectivity index (χ0) is 12.6. The SMILES string of the molecule is NC1CCN(c2cc(C(F)(F)F)cnc2Cl)C1. The van der Waals surface area contributed by atoms with Crippen molar-refractivity contribution in [3.05, 3.63) is 23.0 Å². The fourth-order valence-electron chi connectivity index (χ4n) is 1.82. The summed E-state index contributed by atoms with van der Waals surface area (Å²) >= 11 is 5.81. The Morgan fingerprint density at radius 2 is 2.18 bits per heavy atom. The lowest BCUT2D eigenvalue weighted by Crippen LogP contribution is -2.26. The van der Waals surface area contributed by atoms with E-state index in [9.17, 15) is 13.2 Å². The third-order valence-electron chi connectivity index (χ3n) is 2.71. The maximum atomic E-state index is 12.5. The van der Waals surface area contributed by atoms with Gasteiger partial charge in [0, 0.05) is 25.3 Å². The molecule has 2 N–H and O–H groups in total. The van der Waals surface area contributed by atoms with Crippen LogP contribution in [0.15, 0.2) is 12.3 Å². The molecule has 1 unspecified atom stereocenters. The number of halogens is 4. The zero-order valence-corrected chi connectivity index (χ0v) is 9.59. The normalized spacial score (nSPS) is 21.0. The minimum atomic E-state index is -4.41. The van der Waals surface area contributed by atoms with Crippen LogP contribution in [-0.2, 0) is 6.18 Å². The van der Waals surface area contributed by atoms with Crippen LogP contribution in [0.1, 0.15) is 12.0 Å². The Labute approximate surface area is 101 Å². The number of anilines is 1. The van der Waals surface area contributed by atoms with Crippen molar-refractivity contribution in [3.8, 4) is 0 Å². The van der Waals surface area contributed by atoms with Gasteiger partial charge in [0.1, 0.15) is 0 Å². The van der Waals surface area contributed by atoms with E-state index in [4.69, 9.17) is 17.3 Å². The molecular weight excluding hydrogens is 255 g/mol. The van der Waals surface area contributed by atoms with Crippen LogP contribution in [0.2, 0.25) is 5.15 Å². The minimum Gasteiger partial charge on any atom is -0.367 e. The number of alkyl halides is 3. The van der Waals surface area contributed by atoms with Crippen molar-refractivity contribution >= 4 is 17.3 Å². The Balaban J connectivity index is 2.33. The molecule has 2 heterocycles. The maximum Gasteiger partial charge on any atom is 0.417 e. The van der Waals surface area contributed by atoms with Crippen LogP contribution in [0.3, 0.4) is 0 Å². The van der Waals surface area contributed by atoms with Crippen LogP contribution >= 0.6 is 11.6 Å². The molecule has 1 aromatic heterocycles. The molecule has 94 valence electrons. The van der Waals surface area contributed by atoms with Crippen LogP contribution in [0.5, 0.6) is 0 Å². The highest BCUT2D eigenvalue weighted by Gasteiger charge is 2.33. The van der Waals surface area contributed by atoms with E-state index in [0.717, 1.165) is 18.7 Å². The predicted octanol–water partition coefficient (Wildman–Crippen LogP) is 2.29. The van der Waals surface area contributed by atoms with Crippen molar-refractivity contribution in [3.63, 3.8) is 0 Å².